The zero-order valence-electron chi connectivity index (χ0n) is 18.7. The van der Waals surface area contributed by atoms with Gasteiger partial charge < -0.3 is 14.4 Å². The molecule has 164 valence electrons. The van der Waals surface area contributed by atoms with Crippen LogP contribution in [0.3, 0.4) is 0 Å². The minimum absolute atomic E-state index is 0.0406. The SMILES string of the molecule is CCCC=[N+]([O-])C1CC(n2cc(C)c(=O)[nH]c2=O)OC1CO[Si](C)(C)C(C)(C)C. The summed E-state index contributed by atoms with van der Waals surface area (Å²) >= 11 is 0. The van der Waals surface area contributed by atoms with Crippen LogP contribution in [0.4, 0.5) is 0 Å². The van der Waals surface area contributed by atoms with Crippen LogP contribution in [-0.4, -0.2) is 47.6 Å². The minimum Gasteiger partial charge on any atom is -0.624 e. The van der Waals surface area contributed by atoms with Gasteiger partial charge in [-0.3, -0.25) is 14.3 Å². The first-order valence-electron chi connectivity index (χ1n) is 10.3. The molecule has 0 bridgehead atoms. The van der Waals surface area contributed by atoms with Crippen molar-refractivity contribution in [3.63, 3.8) is 0 Å². The van der Waals surface area contributed by atoms with E-state index in [-0.39, 0.29) is 5.04 Å². The number of aryl methyl sites for hydroxylation is 1. The molecular weight excluding hydrogens is 390 g/mol. The van der Waals surface area contributed by atoms with Gasteiger partial charge in [0, 0.05) is 18.2 Å². The first-order chi connectivity index (χ1) is 13.4. The third-order valence-corrected chi connectivity index (χ3v) is 10.5. The predicted octanol–water partition coefficient (Wildman–Crippen LogP) is 2.90. The van der Waals surface area contributed by atoms with E-state index in [2.05, 4.69) is 38.8 Å². The van der Waals surface area contributed by atoms with Crippen LogP contribution in [0.5, 0.6) is 0 Å². The number of hydrogen-bond acceptors (Lipinski definition) is 5. The maximum atomic E-state index is 12.7. The van der Waals surface area contributed by atoms with E-state index in [1.165, 1.54) is 10.8 Å². The van der Waals surface area contributed by atoms with Gasteiger partial charge in [-0.1, -0.05) is 27.7 Å². The molecule has 2 heterocycles. The normalized spacial score (nSPS) is 23.6. The molecule has 0 aromatic carbocycles. The summed E-state index contributed by atoms with van der Waals surface area (Å²) in [5.74, 6) is 0. The Bertz CT molecular complexity index is 853. The molecule has 0 spiro atoms. The number of rotatable bonds is 7. The monoisotopic (exact) mass is 425 g/mol. The first kappa shape index (κ1) is 23.6. The van der Waals surface area contributed by atoms with Crippen LogP contribution in [0.25, 0.3) is 0 Å². The van der Waals surface area contributed by atoms with Gasteiger partial charge in [-0.2, -0.15) is 0 Å². The Hall–Kier alpha value is -1.71. The van der Waals surface area contributed by atoms with Crippen molar-refractivity contribution in [2.75, 3.05) is 6.61 Å². The summed E-state index contributed by atoms with van der Waals surface area (Å²) in [4.78, 5) is 26.3. The average molecular weight is 426 g/mol. The van der Waals surface area contributed by atoms with Crippen LogP contribution < -0.4 is 11.2 Å². The summed E-state index contributed by atoms with van der Waals surface area (Å²) in [7, 11) is -2.02. The third kappa shape index (κ3) is 5.46. The van der Waals surface area contributed by atoms with Gasteiger partial charge in [0.2, 0.25) is 0 Å². The molecule has 0 saturated carbocycles. The molecule has 2 rings (SSSR count). The van der Waals surface area contributed by atoms with Crippen molar-refractivity contribution in [1.29, 1.82) is 0 Å². The second kappa shape index (κ2) is 8.97. The number of nitrogens with zero attached hydrogens (tertiary/aromatic N) is 2. The van der Waals surface area contributed by atoms with Crippen molar-refractivity contribution in [3.8, 4) is 0 Å². The number of aromatic nitrogens is 2. The van der Waals surface area contributed by atoms with E-state index in [1.54, 1.807) is 13.1 Å². The zero-order valence-corrected chi connectivity index (χ0v) is 19.7. The van der Waals surface area contributed by atoms with Crippen LogP contribution in [0, 0.1) is 12.1 Å². The molecule has 0 aliphatic carbocycles. The van der Waals surface area contributed by atoms with Gasteiger partial charge in [-0.25, -0.2) is 9.53 Å². The number of hydroxylamine groups is 1. The van der Waals surface area contributed by atoms with Crippen LogP contribution in [0.2, 0.25) is 18.1 Å². The molecule has 3 unspecified atom stereocenters. The maximum absolute atomic E-state index is 12.7. The molecule has 3 atom stereocenters. The van der Waals surface area contributed by atoms with Gasteiger partial charge in [0.1, 0.15) is 12.3 Å². The third-order valence-electron chi connectivity index (χ3n) is 6.00. The second-order valence-electron chi connectivity index (χ2n) is 9.31. The summed E-state index contributed by atoms with van der Waals surface area (Å²) in [6.07, 6.45) is 3.95. The Balaban J connectivity index is 2.29. The van der Waals surface area contributed by atoms with Crippen LogP contribution in [-0.2, 0) is 9.16 Å². The molecule has 0 radical (unpaired) electrons. The molecule has 1 saturated heterocycles. The highest BCUT2D eigenvalue weighted by Crippen LogP contribution is 2.38. The number of hydrogen-bond donors (Lipinski definition) is 1. The van der Waals surface area contributed by atoms with Crippen molar-refractivity contribution in [1.82, 2.24) is 9.55 Å². The Morgan fingerprint density at radius 1 is 1.41 bits per heavy atom. The fraction of sp³-hybridized carbons (Fsp3) is 0.750. The Labute approximate surface area is 173 Å². The first-order valence-corrected chi connectivity index (χ1v) is 13.2. The summed E-state index contributed by atoms with van der Waals surface area (Å²) in [5, 5.41) is 12.8. The Morgan fingerprint density at radius 2 is 2.07 bits per heavy atom. The quantitative estimate of drug-likeness (QED) is 0.238. The Morgan fingerprint density at radius 3 is 2.66 bits per heavy atom. The Kier molecular flexibility index (Phi) is 7.29. The van der Waals surface area contributed by atoms with Gasteiger partial charge >= 0.3 is 5.69 Å². The topological polar surface area (TPSA) is 99.4 Å². The van der Waals surface area contributed by atoms with E-state index < -0.39 is 37.9 Å². The number of ether oxygens (including phenoxy) is 1. The summed E-state index contributed by atoms with van der Waals surface area (Å²) in [6.45, 7) is 14.7. The molecule has 1 fully saturated rings. The lowest BCUT2D eigenvalue weighted by Gasteiger charge is -2.37. The van der Waals surface area contributed by atoms with Crippen LogP contribution >= 0.6 is 0 Å². The molecule has 1 aliphatic rings. The predicted molar refractivity (Wildman–Crippen MR) is 116 cm³/mol. The largest absolute Gasteiger partial charge is 0.624 e. The summed E-state index contributed by atoms with van der Waals surface area (Å²) in [5.41, 5.74) is -0.534. The number of aromatic amines is 1. The van der Waals surface area contributed by atoms with Crippen molar-refractivity contribution >= 4 is 14.5 Å². The highest BCUT2D eigenvalue weighted by Gasteiger charge is 2.45. The average Bonchev–Trinajstić information content (AvgIpc) is 3.04. The van der Waals surface area contributed by atoms with E-state index in [0.717, 1.165) is 11.2 Å². The lowest BCUT2D eigenvalue weighted by molar-refractivity contribution is -0.503. The van der Waals surface area contributed by atoms with Gasteiger partial charge in [-0.15, -0.1) is 0 Å². The molecule has 1 aliphatic heterocycles. The summed E-state index contributed by atoms with van der Waals surface area (Å²) < 4.78 is 14.7. The van der Waals surface area contributed by atoms with Crippen molar-refractivity contribution in [2.24, 2.45) is 0 Å². The van der Waals surface area contributed by atoms with Crippen molar-refractivity contribution < 1.29 is 13.9 Å². The molecule has 9 heteroatoms. The van der Waals surface area contributed by atoms with E-state index >= 15 is 0 Å². The molecule has 0 amide bonds. The van der Waals surface area contributed by atoms with Crippen molar-refractivity contribution in [2.45, 2.75) is 90.4 Å². The molecule has 1 N–H and O–H groups in total. The standard InChI is InChI=1S/C20H35N3O5Si/c1-8-9-10-23(26)15-11-17(22-12-14(2)18(24)21-19(22)25)28-16(15)13-27-29(6,7)20(3,4)5/h10,12,15-17H,8-9,11,13H2,1-7H3,(H,21,24,25). The van der Waals surface area contributed by atoms with Crippen LogP contribution in [0.1, 0.15) is 58.7 Å². The zero-order chi connectivity index (χ0) is 22.0. The van der Waals surface area contributed by atoms with Gasteiger partial charge in [0.15, 0.2) is 20.6 Å². The van der Waals surface area contributed by atoms with E-state index in [0.29, 0.717) is 25.0 Å². The molecule has 1 aromatic rings. The number of unbranched alkanes of at least 4 members (excludes halogenated alkanes) is 1. The van der Waals surface area contributed by atoms with Crippen molar-refractivity contribution in [3.05, 3.63) is 37.8 Å². The highest BCUT2D eigenvalue weighted by molar-refractivity contribution is 6.74. The van der Waals surface area contributed by atoms with Gasteiger partial charge in [0.25, 0.3) is 5.56 Å². The fourth-order valence-electron chi connectivity index (χ4n) is 3.00. The fourth-order valence-corrected chi connectivity index (χ4v) is 4.02. The molecule has 8 nitrogen and oxygen atoms in total. The second-order valence-corrected chi connectivity index (χ2v) is 14.1. The van der Waals surface area contributed by atoms with E-state index in [9.17, 15) is 14.8 Å². The van der Waals surface area contributed by atoms with Gasteiger partial charge in [0.05, 0.1) is 13.0 Å². The lowest BCUT2D eigenvalue weighted by atomic mass is 10.1. The highest BCUT2D eigenvalue weighted by atomic mass is 28.4. The van der Waals surface area contributed by atoms with Crippen LogP contribution in [0.15, 0.2) is 15.8 Å². The van der Waals surface area contributed by atoms with E-state index in [1.807, 2.05) is 6.92 Å². The lowest BCUT2D eigenvalue weighted by Crippen LogP contribution is -2.45. The summed E-state index contributed by atoms with van der Waals surface area (Å²) in [6, 6.07) is -0.449. The van der Waals surface area contributed by atoms with Gasteiger partial charge in [-0.05, 0) is 31.5 Å². The van der Waals surface area contributed by atoms with E-state index in [4.69, 9.17) is 9.16 Å². The minimum atomic E-state index is -2.02. The smallest absolute Gasteiger partial charge is 0.330 e. The number of H-pyrrole nitrogens is 1. The number of nitrogens with one attached hydrogen (secondary N) is 1. The maximum Gasteiger partial charge on any atom is 0.330 e. The molecule has 29 heavy (non-hydrogen) atoms. The molecular formula is C20H35N3O5Si. The molecule has 1 aromatic heterocycles.